The molecule has 0 aliphatic carbocycles. The number of carboxylic acids is 1. The molecule has 20 heavy (non-hydrogen) atoms. The van der Waals surface area contributed by atoms with Gasteiger partial charge in [-0.3, -0.25) is 4.90 Å². The van der Waals surface area contributed by atoms with Crippen LogP contribution in [-0.2, 0) is 11.3 Å². The van der Waals surface area contributed by atoms with Crippen LogP contribution in [0.1, 0.15) is 31.9 Å². The second kappa shape index (κ2) is 7.20. The van der Waals surface area contributed by atoms with Crippen LogP contribution in [0.3, 0.4) is 0 Å². The van der Waals surface area contributed by atoms with Gasteiger partial charge in [0.15, 0.2) is 0 Å². The molecule has 0 spiro atoms. The summed E-state index contributed by atoms with van der Waals surface area (Å²) in [4.78, 5) is 12.7. The summed E-state index contributed by atoms with van der Waals surface area (Å²) in [5.74, 6) is -0.876. The van der Waals surface area contributed by atoms with Gasteiger partial charge in [0.1, 0.15) is 5.82 Å². The van der Waals surface area contributed by atoms with Crippen molar-refractivity contribution in [3.05, 3.63) is 41.2 Å². The Morgan fingerprint density at radius 1 is 1.35 bits per heavy atom. The van der Waals surface area contributed by atoms with Crippen LogP contribution < -0.4 is 0 Å². The van der Waals surface area contributed by atoms with Gasteiger partial charge in [0, 0.05) is 18.7 Å². The lowest BCUT2D eigenvalue weighted by atomic mass is 10.0. The van der Waals surface area contributed by atoms with Crippen LogP contribution in [0.25, 0.3) is 6.08 Å². The summed E-state index contributed by atoms with van der Waals surface area (Å²) >= 11 is 0. The maximum atomic E-state index is 13.6. The second-order valence-electron chi connectivity index (χ2n) is 5.46. The topological polar surface area (TPSA) is 40.5 Å². The molecule has 1 atom stereocenters. The maximum Gasteiger partial charge on any atom is 0.328 e. The van der Waals surface area contributed by atoms with Gasteiger partial charge in [-0.1, -0.05) is 19.9 Å². The predicted molar refractivity (Wildman–Crippen MR) is 78.8 cm³/mol. The minimum atomic E-state index is -1.04. The van der Waals surface area contributed by atoms with E-state index in [1.165, 1.54) is 18.2 Å². The standard InChI is InChI=1S/C16H22FNO2/c1-11(2)12(3)18(4)10-14-7-13(5-6-16(19)20)8-15(17)9-14/h5-9,11-12H,10H2,1-4H3,(H,19,20). The predicted octanol–water partition coefficient (Wildman–Crippen LogP) is 3.40. The van der Waals surface area contributed by atoms with Crippen molar-refractivity contribution in [3.8, 4) is 0 Å². The third-order valence-electron chi connectivity index (χ3n) is 3.49. The van der Waals surface area contributed by atoms with Crippen molar-refractivity contribution in [3.63, 3.8) is 0 Å². The van der Waals surface area contributed by atoms with E-state index in [-0.39, 0.29) is 5.82 Å². The summed E-state index contributed by atoms with van der Waals surface area (Å²) in [7, 11) is 2.00. The summed E-state index contributed by atoms with van der Waals surface area (Å²) in [5, 5.41) is 8.60. The van der Waals surface area contributed by atoms with E-state index in [2.05, 4.69) is 25.7 Å². The molecule has 0 aliphatic rings. The van der Waals surface area contributed by atoms with Crippen LogP contribution in [-0.4, -0.2) is 29.1 Å². The molecule has 1 N–H and O–H groups in total. The smallest absolute Gasteiger partial charge is 0.328 e. The third-order valence-corrected chi connectivity index (χ3v) is 3.49. The molecule has 3 nitrogen and oxygen atoms in total. The summed E-state index contributed by atoms with van der Waals surface area (Å²) in [5.41, 5.74) is 1.40. The van der Waals surface area contributed by atoms with Gasteiger partial charge in [-0.05, 0) is 49.2 Å². The van der Waals surface area contributed by atoms with Crippen molar-refractivity contribution in [2.75, 3.05) is 7.05 Å². The quantitative estimate of drug-likeness (QED) is 0.811. The lowest BCUT2D eigenvalue weighted by Crippen LogP contribution is -2.32. The highest BCUT2D eigenvalue weighted by Gasteiger charge is 2.13. The Bertz CT molecular complexity index is 497. The van der Waals surface area contributed by atoms with E-state index < -0.39 is 5.97 Å². The Labute approximate surface area is 119 Å². The van der Waals surface area contributed by atoms with Gasteiger partial charge in [0.25, 0.3) is 0 Å². The zero-order valence-electron chi connectivity index (χ0n) is 12.4. The summed E-state index contributed by atoms with van der Waals surface area (Å²) in [6, 6.07) is 5.01. The van der Waals surface area contributed by atoms with Gasteiger partial charge in [0.2, 0.25) is 0 Å². The molecule has 0 aliphatic heterocycles. The minimum absolute atomic E-state index is 0.349. The molecule has 1 unspecified atom stereocenters. The Balaban J connectivity index is 2.88. The first-order valence-corrected chi connectivity index (χ1v) is 6.70. The lowest BCUT2D eigenvalue weighted by molar-refractivity contribution is -0.131. The fourth-order valence-electron chi connectivity index (χ4n) is 1.97. The van der Waals surface area contributed by atoms with Crippen LogP contribution in [0.5, 0.6) is 0 Å². The Kier molecular flexibility index (Phi) is 5.89. The van der Waals surface area contributed by atoms with E-state index >= 15 is 0 Å². The molecular weight excluding hydrogens is 257 g/mol. The zero-order valence-corrected chi connectivity index (χ0v) is 12.4. The first-order chi connectivity index (χ1) is 9.29. The number of aliphatic carboxylic acids is 1. The average molecular weight is 279 g/mol. The van der Waals surface area contributed by atoms with Crippen LogP contribution in [0.4, 0.5) is 4.39 Å². The van der Waals surface area contributed by atoms with Crippen molar-refractivity contribution in [1.82, 2.24) is 4.90 Å². The molecule has 4 heteroatoms. The zero-order chi connectivity index (χ0) is 15.3. The van der Waals surface area contributed by atoms with Crippen LogP contribution in [0.15, 0.2) is 24.3 Å². The summed E-state index contributed by atoms with van der Waals surface area (Å²) in [6.45, 7) is 7.06. The number of carbonyl (C=O) groups is 1. The van der Waals surface area contributed by atoms with Crippen LogP contribution in [0.2, 0.25) is 0 Å². The normalized spacial score (nSPS) is 13.3. The molecule has 0 saturated heterocycles. The first-order valence-electron chi connectivity index (χ1n) is 6.70. The molecule has 0 radical (unpaired) electrons. The Hall–Kier alpha value is -1.68. The van der Waals surface area contributed by atoms with E-state index in [1.54, 1.807) is 0 Å². The molecule has 0 amide bonds. The second-order valence-corrected chi connectivity index (χ2v) is 5.46. The van der Waals surface area contributed by atoms with E-state index in [0.717, 1.165) is 11.6 Å². The van der Waals surface area contributed by atoms with Crippen molar-refractivity contribution in [2.45, 2.75) is 33.4 Å². The molecule has 0 saturated carbocycles. The fourth-order valence-corrected chi connectivity index (χ4v) is 1.97. The van der Waals surface area contributed by atoms with Gasteiger partial charge < -0.3 is 5.11 Å². The van der Waals surface area contributed by atoms with Crippen molar-refractivity contribution < 1.29 is 14.3 Å². The van der Waals surface area contributed by atoms with Crippen molar-refractivity contribution in [2.24, 2.45) is 5.92 Å². The molecule has 0 aromatic heterocycles. The highest BCUT2D eigenvalue weighted by atomic mass is 19.1. The van der Waals surface area contributed by atoms with Gasteiger partial charge in [-0.25, -0.2) is 9.18 Å². The van der Waals surface area contributed by atoms with Gasteiger partial charge in [-0.15, -0.1) is 0 Å². The van der Waals surface area contributed by atoms with E-state index in [1.807, 2.05) is 13.1 Å². The monoisotopic (exact) mass is 279 g/mol. The summed E-state index contributed by atoms with van der Waals surface area (Å²) in [6.07, 6.45) is 2.42. The van der Waals surface area contributed by atoms with Crippen LogP contribution in [0, 0.1) is 11.7 Å². The maximum absolute atomic E-state index is 13.6. The van der Waals surface area contributed by atoms with Gasteiger partial charge >= 0.3 is 5.97 Å². The minimum Gasteiger partial charge on any atom is -0.478 e. The molecule has 0 heterocycles. The number of hydrogen-bond acceptors (Lipinski definition) is 2. The number of halogens is 1. The molecule has 1 rings (SSSR count). The van der Waals surface area contributed by atoms with Gasteiger partial charge in [-0.2, -0.15) is 0 Å². The van der Waals surface area contributed by atoms with E-state index in [0.29, 0.717) is 24.1 Å². The average Bonchev–Trinajstić information content (AvgIpc) is 2.34. The van der Waals surface area contributed by atoms with Gasteiger partial charge in [0.05, 0.1) is 0 Å². The number of rotatable bonds is 6. The van der Waals surface area contributed by atoms with E-state index in [9.17, 15) is 9.18 Å². The number of carboxylic acid groups (broad SMARTS) is 1. The SMILES string of the molecule is CC(C)C(C)N(C)Cc1cc(F)cc(C=CC(=O)O)c1. The lowest BCUT2D eigenvalue weighted by Gasteiger charge is -2.28. The molecule has 110 valence electrons. The molecule has 0 fully saturated rings. The Morgan fingerprint density at radius 3 is 2.55 bits per heavy atom. The first kappa shape index (κ1) is 16.4. The number of benzene rings is 1. The molecule has 1 aromatic rings. The molecular formula is C16H22FNO2. The van der Waals surface area contributed by atoms with Crippen molar-refractivity contribution in [1.29, 1.82) is 0 Å². The highest BCUT2D eigenvalue weighted by molar-refractivity contribution is 5.85. The van der Waals surface area contributed by atoms with Crippen molar-refractivity contribution >= 4 is 12.0 Å². The number of nitrogens with zero attached hydrogens (tertiary/aromatic N) is 1. The van der Waals surface area contributed by atoms with Crippen LogP contribution >= 0.6 is 0 Å². The number of hydrogen-bond donors (Lipinski definition) is 1. The molecule has 0 bridgehead atoms. The van der Waals surface area contributed by atoms with E-state index in [4.69, 9.17) is 5.11 Å². The molecule has 1 aromatic carbocycles. The fraction of sp³-hybridized carbons (Fsp3) is 0.438. The largest absolute Gasteiger partial charge is 0.478 e. The summed E-state index contributed by atoms with van der Waals surface area (Å²) < 4.78 is 13.6. The Morgan fingerprint density at radius 2 is 2.00 bits per heavy atom. The third kappa shape index (κ3) is 5.13. The highest BCUT2D eigenvalue weighted by Crippen LogP contribution is 2.16.